The fourth-order valence-corrected chi connectivity index (χ4v) is 0.900. The molecule has 0 radical (unpaired) electrons. The van der Waals surface area contributed by atoms with Crippen molar-refractivity contribution in [3.8, 4) is 0 Å². The first-order valence-corrected chi connectivity index (χ1v) is 4.39. The number of carbonyl (C=O) groups excluding carboxylic acids is 1. The molecule has 0 saturated heterocycles. The predicted molar refractivity (Wildman–Crippen MR) is 52.9 cm³/mol. The zero-order valence-electron chi connectivity index (χ0n) is 8.40. The van der Waals surface area contributed by atoms with Crippen LogP contribution in [0, 0.1) is 0 Å². The molecule has 0 aliphatic carbocycles. The number of nitrogens with one attached hydrogen (secondary N) is 1. The van der Waals surface area contributed by atoms with Crippen LogP contribution in [-0.2, 0) is 0 Å². The van der Waals surface area contributed by atoms with E-state index in [-0.39, 0.29) is 5.91 Å². The number of hydrogen-bond acceptors (Lipinski definition) is 4. The summed E-state index contributed by atoms with van der Waals surface area (Å²) in [6, 6.07) is 0. The van der Waals surface area contributed by atoms with E-state index in [1.165, 1.54) is 18.6 Å². The summed E-state index contributed by atoms with van der Waals surface area (Å²) >= 11 is 0. The van der Waals surface area contributed by atoms with Crippen LogP contribution >= 0.6 is 0 Å². The van der Waals surface area contributed by atoms with E-state index in [1.807, 2.05) is 19.0 Å². The van der Waals surface area contributed by atoms with Gasteiger partial charge in [0.2, 0.25) is 0 Å². The molecule has 1 N–H and O–H groups in total. The van der Waals surface area contributed by atoms with Crippen molar-refractivity contribution in [1.29, 1.82) is 0 Å². The van der Waals surface area contributed by atoms with Crippen LogP contribution in [0.4, 0.5) is 0 Å². The lowest BCUT2D eigenvalue weighted by Gasteiger charge is -2.09. The molecule has 5 heteroatoms. The van der Waals surface area contributed by atoms with Crippen LogP contribution in [0.1, 0.15) is 10.5 Å². The van der Waals surface area contributed by atoms with Crippen molar-refractivity contribution < 1.29 is 4.79 Å². The molecule has 0 bridgehead atoms. The Morgan fingerprint density at radius 2 is 2.29 bits per heavy atom. The molecule has 1 rings (SSSR count). The molecule has 0 fully saturated rings. The number of nitrogens with zero attached hydrogens (tertiary/aromatic N) is 3. The Morgan fingerprint density at radius 1 is 1.50 bits per heavy atom. The van der Waals surface area contributed by atoms with E-state index in [9.17, 15) is 4.79 Å². The lowest BCUT2D eigenvalue weighted by molar-refractivity contribution is 0.0945. The summed E-state index contributed by atoms with van der Waals surface area (Å²) in [7, 11) is 3.91. The molecular formula is C9H14N4O. The van der Waals surface area contributed by atoms with Gasteiger partial charge in [-0.2, -0.15) is 0 Å². The maximum Gasteiger partial charge on any atom is 0.271 e. The lowest BCUT2D eigenvalue weighted by atomic mass is 10.4. The first kappa shape index (κ1) is 10.6. The van der Waals surface area contributed by atoms with Crippen LogP contribution < -0.4 is 5.32 Å². The Balaban J connectivity index is 2.36. The highest BCUT2D eigenvalue weighted by Gasteiger charge is 2.04. The van der Waals surface area contributed by atoms with Crippen molar-refractivity contribution in [3.63, 3.8) is 0 Å². The van der Waals surface area contributed by atoms with Gasteiger partial charge in [-0.1, -0.05) is 0 Å². The molecular weight excluding hydrogens is 180 g/mol. The van der Waals surface area contributed by atoms with Crippen molar-refractivity contribution in [2.24, 2.45) is 0 Å². The highest BCUT2D eigenvalue weighted by molar-refractivity contribution is 5.91. The maximum absolute atomic E-state index is 11.4. The number of hydrogen-bond donors (Lipinski definition) is 1. The molecule has 1 aromatic rings. The van der Waals surface area contributed by atoms with Crippen LogP contribution in [0.2, 0.25) is 0 Å². The first-order valence-electron chi connectivity index (χ1n) is 4.39. The zero-order chi connectivity index (χ0) is 10.4. The van der Waals surface area contributed by atoms with Gasteiger partial charge in [-0.05, 0) is 14.1 Å². The maximum atomic E-state index is 11.4. The SMILES string of the molecule is CN(C)CCNC(=O)c1cnccn1. The molecule has 0 aliphatic rings. The van der Waals surface area contributed by atoms with Crippen molar-refractivity contribution in [1.82, 2.24) is 20.2 Å². The number of likely N-dealkylation sites (N-methyl/N-ethyl adjacent to an activating group) is 1. The van der Waals surface area contributed by atoms with Gasteiger partial charge in [-0.25, -0.2) is 4.98 Å². The number of aromatic nitrogens is 2. The van der Waals surface area contributed by atoms with E-state index in [1.54, 1.807) is 0 Å². The molecule has 0 saturated carbocycles. The van der Waals surface area contributed by atoms with Crippen molar-refractivity contribution >= 4 is 5.91 Å². The van der Waals surface area contributed by atoms with Gasteiger partial charge < -0.3 is 10.2 Å². The largest absolute Gasteiger partial charge is 0.349 e. The summed E-state index contributed by atoms with van der Waals surface area (Å²) in [6.07, 6.45) is 4.49. The second-order valence-electron chi connectivity index (χ2n) is 3.15. The summed E-state index contributed by atoms with van der Waals surface area (Å²) in [5.41, 5.74) is 0.353. The number of carbonyl (C=O) groups is 1. The minimum absolute atomic E-state index is 0.181. The van der Waals surface area contributed by atoms with Crippen molar-refractivity contribution in [3.05, 3.63) is 24.3 Å². The smallest absolute Gasteiger partial charge is 0.271 e. The Kier molecular flexibility index (Phi) is 4.00. The summed E-state index contributed by atoms with van der Waals surface area (Å²) in [5.74, 6) is -0.181. The van der Waals surface area contributed by atoms with Gasteiger partial charge in [0.1, 0.15) is 5.69 Å². The van der Waals surface area contributed by atoms with Crippen LogP contribution in [0.25, 0.3) is 0 Å². The minimum Gasteiger partial charge on any atom is -0.349 e. The Labute approximate surface area is 83.2 Å². The molecule has 1 heterocycles. The fourth-order valence-electron chi connectivity index (χ4n) is 0.900. The number of rotatable bonds is 4. The molecule has 0 aromatic carbocycles. The first-order chi connectivity index (χ1) is 6.70. The average molecular weight is 194 g/mol. The highest BCUT2D eigenvalue weighted by atomic mass is 16.1. The fraction of sp³-hybridized carbons (Fsp3) is 0.444. The summed E-state index contributed by atoms with van der Waals surface area (Å²) in [6.45, 7) is 1.43. The van der Waals surface area contributed by atoms with Crippen molar-refractivity contribution in [2.75, 3.05) is 27.2 Å². The normalized spacial score (nSPS) is 10.2. The Bertz CT molecular complexity index is 286. The van der Waals surface area contributed by atoms with Gasteiger partial charge >= 0.3 is 0 Å². The van der Waals surface area contributed by atoms with Crippen LogP contribution in [-0.4, -0.2) is 48.0 Å². The highest BCUT2D eigenvalue weighted by Crippen LogP contribution is 1.88. The molecule has 1 amide bonds. The van der Waals surface area contributed by atoms with E-state index < -0.39 is 0 Å². The third kappa shape index (κ3) is 3.49. The van der Waals surface area contributed by atoms with Crippen molar-refractivity contribution in [2.45, 2.75) is 0 Å². The van der Waals surface area contributed by atoms with Crippen LogP contribution in [0.5, 0.6) is 0 Å². The second kappa shape index (κ2) is 5.29. The van der Waals surface area contributed by atoms with Gasteiger partial charge in [0.15, 0.2) is 0 Å². The topological polar surface area (TPSA) is 58.1 Å². The predicted octanol–water partition coefficient (Wildman–Crippen LogP) is -0.232. The molecule has 14 heavy (non-hydrogen) atoms. The third-order valence-corrected chi connectivity index (χ3v) is 1.64. The van der Waals surface area contributed by atoms with Gasteiger partial charge in [-0.3, -0.25) is 9.78 Å². The molecule has 0 atom stereocenters. The Morgan fingerprint density at radius 3 is 2.86 bits per heavy atom. The lowest BCUT2D eigenvalue weighted by Crippen LogP contribution is -2.31. The van der Waals surface area contributed by atoms with E-state index in [2.05, 4.69) is 15.3 Å². The average Bonchev–Trinajstić information content (AvgIpc) is 2.18. The van der Waals surface area contributed by atoms with E-state index in [0.29, 0.717) is 12.2 Å². The van der Waals surface area contributed by atoms with Gasteiger partial charge in [0.25, 0.3) is 5.91 Å². The Hall–Kier alpha value is -1.49. The van der Waals surface area contributed by atoms with Crippen LogP contribution in [0.3, 0.4) is 0 Å². The van der Waals surface area contributed by atoms with Gasteiger partial charge in [0.05, 0.1) is 6.20 Å². The van der Waals surface area contributed by atoms with E-state index in [4.69, 9.17) is 0 Å². The van der Waals surface area contributed by atoms with Gasteiger partial charge in [-0.15, -0.1) is 0 Å². The van der Waals surface area contributed by atoms with E-state index >= 15 is 0 Å². The molecule has 76 valence electrons. The summed E-state index contributed by atoms with van der Waals surface area (Å²) in [4.78, 5) is 21.1. The standard InChI is InChI=1S/C9H14N4O/c1-13(2)6-5-12-9(14)8-7-10-3-4-11-8/h3-4,7H,5-6H2,1-2H3,(H,12,14). The van der Waals surface area contributed by atoms with Gasteiger partial charge in [0, 0.05) is 25.5 Å². The van der Waals surface area contributed by atoms with Crippen LogP contribution in [0.15, 0.2) is 18.6 Å². The summed E-state index contributed by atoms with van der Waals surface area (Å²) < 4.78 is 0. The minimum atomic E-state index is -0.181. The third-order valence-electron chi connectivity index (χ3n) is 1.64. The molecule has 0 aliphatic heterocycles. The zero-order valence-corrected chi connectivity index (χ0v) is 8.40. The molecule has 0 unspecified atom stereocenters. The quantitative estimate of drug-likeness (QED) is 0.719. The molecule has 0 spiro atoms. The summed E-state index contributed by atoms with van der Waals surface area (Å²) in [5, 5.41) is 2.75. The van der Waals surface area contributed by atoms with E-state index in [0.717, 1.165) is 6.54 Å². The second-order valence-corrected chi connectivity index (χ2v) is 3.15. The molecule has 1 aromatic heterocycles. The number of amides is 1. The monoisotopic (exact) mass is 194 g/mol. The molecule has 5 nitrogen and oxygen atoms in total.